The molecule has 0 aliphatic carbocycles. The highest BCUT2D eigenvalue weighted by molar-refractivity contribution is 6.30. The Hall–Kier alpha value is -3.06. The van der Waals surface area contributed by atoms with Crippen molar-refractivity contribution >= 4 is 17.6 Å². The summed E-state index contributed by atoms with van der Waals surface area (Å²) in [5, 5.41) is 23.4. The molecule has 0 heterocycles. The van der Waals surface area contributed by atoms with Crippen LogP contribution in [-0.2, 0) is 0 Å². The van der Waals surface area contributed by atoms with Crippen molar-refractivity contribution in [3.63, 3.8) is 0 Å². The van der Waals surface area contributed by atoms with E-state index in [1.165, 1.54) is 0 Å². The molecule has 33 heavy (non-hydrogen) atoms. The van der Waals surface area contributed by atoms with Gasteiger partial charge in [-0.2, -0.15) is 0 Å². The first-order chi connectivity index (χ1) is 16.0. The highest BCUT2D eigenvalue weighted by atomic mass is 35.5. The number of aromatic carboxylic acids is 1. The summed E-state index contributed by atoms with van der Waals surface area (Å²) in [6.45, 7) is 3.89. The number of carboxylic acid groups (broad SMARTS) is 1. The number of halogens is 1. The highest BCUT2D eigenvalue weighted by Gasteiger charge is 2.13. The number of rotatable bonds is 12. The highest BCUT2D eigenvalue weighted by Crippen LogP contribution is 2.29. The van der Waals surface area contributed by atoms with Crippen LogP contribution < -0.4 is 14.8 Å². The van der Waals surface area contributed by atoms with Crippen molar-refractivity contribution in [2.24, 2.45) is 0 Å². The fourth-order valence-electron chi connectivity index (χ4n) is 3.24. The zero-order chi connectivity index (χ0) is 23.6. The molecule has 6 nitrogen and oxygen atoms in total. The van der Waals surface area contributed by atoms with Crippen molar-refractivity contribution in [1.29, 1.82) is 0 Å². The maximum absolute atomic E-state index is 11.4. The third kappa shape index (κ3) is 7.22. The molecule has 3 aromatic rings. The second kappa shape index (κ2) is 12.3. The molecule has 0 aromatic heterocycles. The van der Waals surface area contributed by atoms with E-state index in [0.717, 1.165) is 28.9 Å². The van der Waals surface area contributed by atoms with E-state index >= 15 is 0 Å². The van der Waals surface area contributed by atoms with Gasteiger partial charge in [0.2, 0.25) is 0 Å². The Balaban J connectivity index is 1.50. The van der Waals surface area contributed by atoms with Crippen molar-refractivity contribution in [3.8, 4) is 22.6 Å². The molecule has 0 bridgehead atoms. The van der Waals surface area contributed by atoms with E-state index in [9.17, 15) is 15.0 Å². The van der Waals surface area contributed by atoms with Crippen molar-refractivity contribution in [3.05, 3.63) is 82.9 Å². The van der Waals surface area contributed by atoms with Gasteiger partial charge in [-0.1, -0.05) is 48.9 Å². The lowest BCUT2D eigenvalue weighted by Gasteiger charge is -2.13. The number of carbonyl (C=O) groups is 1. The molecule has 174 valence electrons. The molecule has 0 spiro atoms. The van der Waals surface area contributed by atoms with Gasteiger partial charge in [-0.05, 0) is 59.5 Å². The van der Waals surface area contributed by atoms with Crippen LogP contribution in [0.3, 0.4) is 0 Å². The molecule has 0 saturated heterocycles. The van der Waals surface area contributed by atoms with Gasteiger partial charge in [-0.25, -0.2) is 4.79 Å². The van der Waals surface area contributed by atoms with Gasteiger partial charge in [0.25, 0.3) is 0 Å². The van der Waals surface area contributed by atoms with Crippen LogP contribution in [0.2, 0.25) is 5.02 Å². The number of aliphatic hydroxyl groups excluding tert-OH is 1. The molecule has 0 aliphatic rings. The summed E-state index contributed by atoms with van der Waals surface area (Å²) in [4.78, 5) is 11.4. The van der Waals surface area contributed by atoms with Gasteiger partial charge in [-0.15, -0.1) is 0 Å². The second-order valence-electron chi connectivity index (χ2n) is 7.51. The Labute approximate surface area is 198 Å². The van der Waals surface area contributed by atoms with E-state index in [1.54, 1.807) is 42.5 Å². The van der Waals surface area contributed by atoms with Crippen molar-refractivity contribution in [2.75, 3.05) is 26.3 Å². The number of nitrogens with one attached hydrogen (secondary N) is 1. The SMILES string of the molecule is CCCOc1cc(-c2ccc(OCCNC[C@@H](O)c3ccc(Cl)cc3)cc2)ccc1C(=O)O. The van der Waals surface area contributed by atoms with Crippen LogP contribution >= 0.6 is 11.6 Å². The molecular weight excluding hydrogens is 442 g/mol. The van der Waals surface area contributed by atoms with E-state index in [0.29, 0.717) is 37.1 Å². The molecular formula is C26H28ClNO5. The first-order valence-corrected chi connectivity index (χ1v) is 11.2. The maximum atomic E-state index is 11.4. The fraction of sp³-hybridized carbons (Fsp3) is 0.269. The molecule has 0 unspecified atom stereocenters. The Kier molecular flexibility index (Phi) is 9.13. The van der Waals surface area contributed by atoms with Crippen LogP contribution in [0.15, 0.2) is 66.7 Å². The average molecular weight is 470 g/mol. The van der Waals surface area contributed by atoms with Crippen LogP contribution in [0.1, 0.15) is 35.4 Å². The van der Waals surface area contributed by atoms with Gasteiger partial charge < -0.3 is 25.0 Å². The molecule has 1 atom stereocenters. The lowest BCUT2D eigenvalue weighted by Crippen LogP contribution is -2.26. The van der Waals surface area contributed by atoms with Gasteiger partial charge in [0.05, 0.1) is 12.7 Å². The van der Waals surface area contributed by atoms with Crippen molar-refractivity contribution in [1.82, 2.24) is 5.32 Å². The molecule has 0 radical (unpaired) electrons. The van der Waals surface area contributed by atoms with Crippen molar-refractivity contribution < 1.29 is 24.5 Å². The lowest BCUT2D eigenvalue weighted by atomic mass is 10.0. The normalized spacial score (nSPS) is 11.7. The summed E-state index contributed by atoms with van der Waals surface area (Å²) >= 11 is 5.87. The second-order valence-corrected chi connectivity index (χ2v) is 7.95. The summed E-state index contributed by atoms with van der Waals surface area (Å²) in [6.07, 6.45) is 0.185. The number of carboxylic acids is 1. The summed E-state index contributed by atoms with van der Waals surface area (Å²) in [5.74, 6) is 0.0862. The van der Waals surface area contributed by atoms with Crippen LogP contribution in [0.4, 0.5) is 0 Å². The first-order valence-electron chi connectivity index (χ1n) is 10.9. The molecule has 3 rings (SSSR count). The molecule has 3 aromatic carbocycles. The smallest absolute Gasteiger partial charge is 0.339 e. The zero-order valence-electron chi connectivity index (χ0n) is 18.5. The number of hydrogen-bond donors (Lipinski definition) is 3. The molecule has 3 N–H and O–H groups in total. The van der Waals surface area contributed by atoms with Gasteiger partial charge in [0, 0.05) is 18.1 Å². The van der Waals surface area contributed by atoms with Crippen molar-refractivity contribution in [2.45, 2.75) is 19.4 Å². The van der Waals surface area contributed by atoms with E-state index in [2.05, 4.69) is 5.32 Å². The summed E-state index contributed by atoms with van der Waals surface area (Å²) in [6, 6.07) is 19.8. The van der Waals surface area contributed by atoms with Gasteiger partial charge >= 0.3 is 5.97 Å². The minimum Gasteiger partial charge on any atom is -0.493 e. The number of ether oxygens (including phenoxy) is 2. The predicted molar refractivity (Wildman–Crippen MR) is 129 cm³/mol. The quantitative estimate of drug-likeness (QED) is 0.316. The Morgan fingerprint density at radius 2 is 1.67 bits per heavy atom. The van der Waals surface area contributed by atoms with E-state index in [4.69, 9.17) is 21.1 Å². The van der Waals surface area contributed by atoms with E-state index < -0.39 is 12.1 Å². The number of hydrogen-bond acceptors (Lipinski definition) is 5. The maximum Gasteiger partial charge on any atom is 0.339 e. The van der Waals surface area contributed by atoms with Crippen LogP contribution in [0.25, 0.3) is 11.1 Å². The molecule has 0 amide bonds. The summed E-state index contributed by atoms with van der Waals surface area (Å²) in [5.41, 5.74) is 2.77. The lowest BCUT2D eigenvalue weighted by molar-refractivity contribution is 0.0692. The zero-order valence-corrected chi connectivity index (χ0v) is 19.2. The van der Waals surface area contributed by atoms with Gasteiger partial charge in [0.1, 0.15) is 23.7 Å². The third-order valence-electron chi connectivity index (χ3n) is 5.00. The summed E-state index contributed by atoms with van der Waals surface area (Å²) in [7, 11) is 0. The molecule has 0 fully saturated rings. The van der Waals surface area contributed by atoms with Crippen LogP contribution in [0.5, 0.6) is 11.5 Å². The van der Waals surface area contributed by atoms with E-state index in [-0.39, 0.29) is 5.56 Å². The Bertz CT molecular complexity index is 1040. The summed E-state index contributed by atoms with van der Waals surface area (Å²) < 4.78 is 11.4. The topological polar surface area (TPSA) is 88.0 Å². The van der Waals surface area contributed by atoms with E-state index in [1.807, 2.05) is 31.2 Å². The predicted octanol–water partition coefficient (Wildman–Crippen LogP) is 5.20. The average Bonchev–Trinajstić information content (AvgIpc) is 2.83. The number of benzene rings is 3. The monoisotopic (exact) mass is 469 g/mol. The van der Waals surface area contributed by atoms with Gasteiger partial charge in [-0.3, -0.25) is 0 Å². The fourth-order valence-corrected chi connectivity index (χ4v) is 3.36. The molecule has 0 aliphatic heterocycles. The Morgan fingerprint density at radius 3 is 2.33 bits per heavy atom. The minimum absolute atomic E-state index is 0.154. The molecule has 7 heteroatoms. The third-order valence-corrected chi connectivity index (χ3v) is 5.25. The van der Waals surface area contributed by atoms with Crippen LogP contribution in [0, 0.1) is 0 Å². The molecule has 0 saturated carbocycles. The number of aliphatic hydroxyl groups is 1. The van der Waals surface area contributed by atoms with Gasteiger partial charge in [0.15, 0.2) is 0 Å². The standard InChI is InChI=1S/C26H28ClNO5/c1-2-14-33-25-16-20(7-12-23(25)26(30)31)18-5-10-22(11-6-18)32-15-13-28-17-24(29)19-3-8-21(27)9-4-19/h3-12,16,24,28-29H,2,13-15,17H2,1H3,(H,30,31)/t24-/m1/s1. The Morgan fingerprint density at radius 1 is 0.970 bits per heavy atom. The largest absolute Gasteiger partial charge is 0.493 e. The first kappa shape index (κ1) is 24.6. The minimum atomic E-state index is -1.01. The van der Waals surface area contributed by atoms with Crippen LogP contribution in [-0.4, -0.2) is 42.5 Å².